The predicted octanol–water partition coefficient (Wildman–Crippen LogP) is 0.0595. The average Bonchev–Trinajstić information content (AvgIpc) is 3.00. The van der Waals surface area contributed by atoms with Gasteiger partial charge in [0.1, 0.15) is 5.82 Å². The van der Waals surface area contributed by atoms with Crippen molar-refractivity contribution in [2.45, 2.75) is 43.1 Å². The second kappa shape index (κ2) is 4.32. The summed E-state index contributed by atoms with van der Waals surface area (Å²) < 4.78 is 1.39. The first-order valence-corrected chi connectivity index (χ1v) is 6.10. The molecule has 88 valence electrons. The van der Waals surface area contributed by atoms with Crippen LogP contribution in [0.5, 0.6) is 0 Å². The number of hydrogen-bond donors (Lipinski definition) is 2. The Kier molecular flexibility index (Phi) is 3.04. The molecule has 0 radical (unpaired) electrons. The molecule has 1 heterocycles. The van der Waals surface area contributed by atoms with Crippen molar-refractivity contribution in [2.75, 3.05) is 5.84 Å². The van der Waals surface area contributed by atoms with E-state index in [1.165, 1.54) is 16.4 Å². The van der Waals surface area contributed by atoms with Crippen molar-refractivity contribution in [3.8, 4) is 0 Å². The molecule has 3 N–H and O–H groups in total. The zero-order valence-corrected chi connectivity index (χ0v) is 10.1. The van der Waals surface area contributed by atoms with E-state index in [2.05, 4.69) is 15.5 Å². The van der Waals surface area contributed by atoms with Gasteiger partial charge in [-0.15, -0.1) is 10.2 Å². The molecule has 7 heteroatoms. The lowest BCUT2D eigenvalue weighted by Crippen LogP contribution is -2.32. The molecule has 0 aliphatic heterocycles. The van der Waals surface area contributed by atoms with Crippen LogP contribution in [0.25, 0.3) is 0 Å². The SMILES string of the molecule is Cc1nnc(SC(C)C(=O)NC2CC2)n1N. The van der Waals surface area contributed by atoms with E-state index >= 15 is 0 Å². The first-order valence-electron chi connectivity index (χ1n) is 5.22. The van der Waals surface area contributed by atoms with Crippen LogP contribution in [0.15, 0.2) is 5.16 Å². The van der Waals surface area contributed by atoms with Gasteiger partial charge < -0.3 is 11.2 Å². The maximum Gasteiger partial charge on any atom is 0.233 e. The van der Waals surface area contributed by atoms with Gasteiger partial charge in [0, 0.05) is 6.04 Å². The molecule has 1 unspecified atom stereocenters. The number of nitrogens with zero attached hydrogens (tertiary/aromatic N) is 3. The Balaban J connectivity index is 1.92. The van der Waals surface area contributed by atoms with Gasteiger partial charge in [-0.05, 0) is 26.7 Å². The van der Waals surface area contributed by atoms with Crippen LogP contribution in [0, 0.1) is 6.92 Å². The smallest absolute Gasteiger partial charge is 0.233 e. The molecule has 1 amide bonds. The Labute approximate surface area is 98.0 Å². The van der Waals surface area contributed by atoms with E-state index in [1.54, 1.807) is 6.92 Å². The third-order valence-electron chi connectivity index (χ3n) is 2.41. The fraction of sp³-hybridized carbons (Fsp3) is 0.667. The third kappa shape index (κ3) is 2.46. The lowest BCUT2D eigenvalue weighted by atomic mass is 10.4. The molecular weight excluding hydrogens is 226 g/mol. The summed E-state index contributed by atoms with van der Waals surface area (Å²) in [4.78, 5) is 11.7. The van der Waals surface area contributed by atoms with Gasteiger partial charge in [0.15, 0.2) is 0 Å². The van der Waals surface area contributed by atoms with Crippen LogP contribution in [0.2, 0.25) is 0 Å². The van der Waals surface area contributed by atoms with Crippen LogP contribution in [-0.2, 0) is 4.79 Å². The molecule has 1 aliphatic carbocycles. The molecule has 6 nitrogen and oxygen atoms in total. The average molecular weight is 241 g/mol. The lowest BCUT2D eigenvalue weighted by molar-refractivity contribution is -0.120. The van der Waals surface area contributed by atoms with Gasteiger partial charge in [0.25, 0.3) is 0 Å². The van der Waals surface area contributed by atoms with Crippen molar-refractivity contribution in [1.29, 1.82) is 0 Å². The molecule has 1 saturated carbocycles. The number of nitrogens with two attached hydrogens (primary N) is 1. The van der Waals surface area contributed by atoms with Crippen molar-refractivity contribution in [1.82, 2.24) is 20.2 Å². The molecule has 0 saturated heterocycles. The molecule has 1 aliphatic rings. The topological polar surface area (TPSA) is 85.8 Å². The number of nitrogens with one attached hydrogen (secondary N) is 1. The summed E-state index contributed by atoms with van der Waals surface area (Å²) in [5, 5.41) is 11.0. The second-order valence-electron chi connectivity index (χ2n) is 3.94. The minimum atomic E-state index is -0.202. The number of aryl methyl sites for hydroxylation is 1. The number of carbonyl (C=O) groups excluding carboxylic acids is 1. The van der Waals surface area contributed by atoms with Gasteiger partial charge in [-0.3, -0.25) is 4.79 Å². The first-order chi connectivity index (χ1) is 7.58. The Morgan fingerprint density at radius 1 is 1.62 bits per heavy atom. The highest BCUT2D eigenvalue weighted by molar-refractivity contribution is 8.00. The van der Waals surface area contributed by atoms with Gasteiger partial charge in [-0.2, -0.15) is 0 Å². The molecule has 0 aromatic carbocycles. The largest absolute Gasteiger partial charge is 0.352 e. The molecule has 1 atom stereocenters. The molecule has 1 fully saturated rings. The molecule has 1 aromatic heterocycles. The molecule has 2 rings (SSSR count). The Morgan fingerprint density at radius 2 is 2.31 bits per heavy atom. The summed E-state index contributed by atoms with van der Waals surface area (Å²) in [6.07, 6.45) is 2.19. The third-order valence-corrected chi connectivity index (χ3v) is 3.47. The number of carbonyl (C=O) groups is 1. The standard InChI is InChI=1S/C9H15N5OS/c1-5(8(15)11-7-3-4-7)16-9-13-12-6(2)14(9)10/h5,7H,3-4,10H2,1-2H3,(H,11,15). The summed E-state index contributed by atoms with van der Waals surface area (Å²) in [7, 11) is 0. The highest BCUT2D eigenvalue weighted by Crippen LogP contribution is 2.23. The summed E-state index contributed by atoms with van der Waals surface area (Å²) in [5.41, 5.74) is 0. The minimum Gasteiger partial charge on any atom is -0.352 e. The zero-order valence-electron chi connectivity index (χ0n) is 9.30. The van der Waals surface area contributed by atoms with Crippen LogP contribution in [0.3, 0.4) is 0 Å². The van der Waals surface area contributed by atoms with Crippen molar-refractivity contribution in [2.24, 2.45) is 0 Å². The molecule has 16 heavy (non-hydrogen) atoms. The number of thioether (sulfide) groups is 1. The number of rotatable bonds is 4. The number of amides is 1. The fourth-order valence-corrected chi connectivity index (χ4v) is 2.01. The summed E-state index contributed by atoms with van der Waals surface area (Å²) in [6.45, 7) is 3.61. The van der Waals surface area contributed by atoms with E-state index in [0.717, 1.165) is 12.8 Å². The van der Waals surface area contributed by atoms with Gasteiger partial charge >= 0.3 is 0 Å². The maximum absolute atomic E-state index is 11.7. The normalized spacial score (nSPS) is 17.1. The van der Waals surface area contributed by atoms with E-state index in [9.17, 15) is 4.79 Å². The second-order valence-corrected chi connectivity index (χ2v) is 5.25. The highest BCUT2D eigenvalue weighted by atomic mass is 32.2. The number of nitrogen functional groups attached to an aromatic ring is 1. The molecular formula is C9H15N5OS. The van der Waals surface area contributed by atoms with E-state index < -0.39 is 0 Å². The van der Waals surface area contributed by atoms with E-state index in [4.69, 9.17) is 5.84 Å². The summed E-state index contributed by atoms with van der Waals surface area (Å²) in [6, 6.07) is 0.382. The molecule has 1 aromatic rings. The maximum atomic E-state index is 11.7. The van der Waals surface area contributed by atoms with Gasteiger partial charge in [0.05, 0.1) is 5.25 Å². The molecule has 0 spiro atoms. The van der Waals surface area contributed by atoms with Crippen molar-refractivity contribution in [3.05, 3.63) is 5.82 Å². The van der Waals surface area contributed by atoms with Crippen LogP contribution >= 0.6 is 11.8 Å². The highest BCUT2D eigenvalue weighted by Gasteiger charge is 2.26. The Hall–Kier alpha value is -1.24. The van der Waals surface area contributed by atoms with E-state index in [-0.39, 0.29) is 11.2 Å². The van der Waals surface area contributed by atoms with Crippen molar-refractivity contribution in [3.63, 3.8) is 0 Å². The van der Waals surface area contributed by atoms with Crippen molar-refractivity contribution < 1.29 is 4.79 Å². The van der Waals surface area contributed by atoms with Crippen LogP contribution < -0.4 is 11.2 Å². The van der Waals surface area contributed by atoms with Crippen molar-refractivity contribution >= 4 is 17.7 Å². The van der Waals surface area contributed by atoms with Crippen LogP contribution in [-0.4, -0.2) is 32.1 Å². The first kappa shape index (κ1) is 11.3. The van der Waals surface area contributed by atoms with Gasteiger partial charge in [-0.1, -0.05) is 11.8 Å². The monoisotopic (exact) mass is 241 g/mol. The Morgan fingerprint density at radius 3 is 2.81 bits per heavy atom. The Bertz CT molecular complexity index is 401. The van der Waals surface area contributed by atoms with Gasteiger partial charge in [0.2, 0.25) is 11.1 Å². The number of aromatic nitrogens is 3. The minimum absolute atomic E-state index is 0.0353. The predicted molar refractivity (Wildman–Crippen MR) is 61.4 cm³/mol. The van der Waals surface area contributed by atoms with E-state index in [1.807, 2.05) is 6.92 Å². The van der Waals surface area contributed by atoms with Gasteiger partial charge in [-0.25, -0.2) is 4.68 Å². The fourth-order valence-electron chi connectivity index (χ4n) is 1.19. The quantitative estimate of drug-likeness (QED) is 0.575. The summed E-state index contributed by atoms with van der Waals surface area (Å²) >= 11 is 1.32. The zero-order chi connectivity index (χ0) is 11.7. The lowest BCUT2D eigenvalue weighted by Gasteiger charge is -2.10. The van der Waals surface area contributed by atoms with Crippen LogP contribution in [0.4, 0.5) is 0 Å². The summed E-state index contributed by atoms with van der Waals surface area (Å²) in [5.74, 6) is 6.38. The number of hydrogen-bond acceptors (Lipinski definition) is 5. The van der Waals surface area contributed by atoms with E-state index in [0.29, 0.717) is 17.0 Å². The van der Waals surface area contributed by atoms with Crippen LogP contribution in [0.1, 0.15) is 25.6 Å². The molecule has 0 bridgehead atoms.